The fourth-order valence-corrected chi connectivity index (χ4v) is 2.51. The number of fused-ring (bicyclic) bond motifs is 1. The molecule has 20 heavy (non-hydrogen) atoms. The smallest absolute Gasteiger partial charge is 0.410 e. The van der Waals surface area contributed by atoms with Crippen molar-refractivity contribution in [2.75, 3.05) is 12.8 Å². The van der Waals surface area contributed by atoms with Crippen LogP contribution in [0.3, 0.4) is 0 Å². The van der Waals surface area contributed by atoms with E-state index in [1.807, 2.05) is 20.8 Å². The lowest BCUT2D eigenvalue weighted by atomic mass is 10.1. The van der Waals surface area contributed by atoms with Crippen LogP contribution in [0.5, 0.6) is 0 Å². The molecule has 1 aliphatic heterocycles. The third-order valence-electron chi connectivity index (χ3n) is 2.83. The Morgan fingerprint density at radius 3 is 2.60 bits per heavy atom. The summed E-state index contributed by atoms with van der Waals surface area (Å²) in [6.07, 6.45) is 2.69. The van der Waals surface area contributed by atoms with Gasteiger partial charge in [0.2, 0.25) is 0 Å². The molecule has 0 spiro atoms. The van der Waals surface area contributed by atoms with Crippen LogP contribution >= 0.6 is 0 Å². The number of nitrogens with zero attached hydrogens (tertiary/aromatic N) is 3. The predicted octanol–water partition coefficient (Wildman–Crippen LogP) is 0.984. The van der Waals surface area contributed by atoms with Gasteiger partial charge in [-0.25, -0.2) is 13.2 Å². The van der Waals surface area contributed by atoms with E-state index in [1.165, 1.54) is 6.20 Å². The van der Waals surface area contributed by atoms with E-state index in [1.54, 1.807) is 4.90 Å². The molecule has 0 aromatic carbocycles. The molecule has 1 aliphatic rings. The molecule has 0 fully saturated rings. The van der Waals surface area contributed by atoms with E-state index in [4.69, 9.17) is 4.74 Å². The summed E-state index contributed by atoms with van der Waals surface area (Å²) in [5, 5.41) is 4.04. The number of rotatable bonds is 1. The molecule has 0 saturated carbocycles. The van der Waals surface area contributed by atoms with Gasteiger partial charge in [0.05, 0.1) is 18.5 Å². The van der Waals surface area contributed by atoms with Gasteiger partial charge in [-0.2, -0.15) is 9.19 Å². The van der Waals surface area contributed by atoms with Crippen molar-refractivity contribution in [3.05, 3.63) is 17.5 Å². The van der Waals surface area contributed by atoms with Crippen LogP contribution in [-0.2, 0) is 27.7 Å². The molecule has 0 aliphatic carbocycles. The molecular weight excluding hydrogens is 282 g/mol. The number of ether oxygens (including phenoxy) is 1. The lowest BCUT2D eigenvalue weighted by Gasteiger charge is -2.29. The Morgan fingerprint density at radius 1 is 1.40 bits per heavy atom. The van der Waals surface area contributed by atoms with Gasteiger partial charge in [-0.3, -0.25) is 0 Å². The second-order valence-corrected chi connectivity index (χ2v) is 7.73. The molecule has 1 aromatic rings. The topological polar surface area (TPSA) is 81.5 Å². The van der Waals surface area contributed by atoms with Gasteiger partial charge in [-0.15, -0.1) is 0 Å². The first-order valence-corrected chi connectivity index (χ1v) is 8.17. The highest BCUT2D eigenvalue weighted by Crippen LogP contribution is 2.20. The van der Waals surface area contributed by atoms with Crippen molar-refractivity contribution in [2.45, 2.75) is 39.3 Å². The summed E-state index contributed by atoms with van der Waals surface area (Å²) in [5.41, 5.74) is 0.914. The van der Waals surface area contributed by atoms with Crippen molar-refractivity contribution in [1.29, 1.82) is 0 Å². The first-order valence-electron chi connectivity index (χ1n) is 6.32. The van der Waals surface area contributed by atoms with Crippen molar-refractivity contribution in [1.82, 2.24) is 14.1 Å². The highest BCUT2D eigenvalue weighted by atomic mass is 32.2. The second kappa shape index (κ2) is 4.76. The lowest BCUT2D eigenvalue weighted by molar-refractivity contribution is 0.0223. The highest BCUT2D eigenvalue weighted by Gasteiger charge is 2.28. The lowest BCUT2D eigenvalue weighted by Crippen LogP contribution is -2.39. The molecule has 1 aromatic heterocycles. The van der Waals surface area contributed by atoms with Gasteiger partial charge >= 0.3 is 6.09 Å². The largest absolute Gasteiger partial charge is 0.444 e. The average Bonchev–Trinajstić information content (AvgIpc) is 2.68. The van der Waals surface area contributed by atoms with Crippen LogP contribution in [0.1, 0.15) is 32.0 Å². The third kappa shape index (κ3) is 3.30. The normalized spacial score (nSPS) is 15.9. The Balaban J connectivity index is 2.15. The number of hydrogen-bond donors (Lipinski definition) is 0. The number of aromatic nitrogens is 2. The minimum absolute atomic E-state index is 0.319. The summed E-state index contributed by atoms with van der Waals surface area (Å²) in [4.78, 5) is 13.5. The fourth-order valence-electron chi connectivity index (χ4n) is 1.94. The minimum atomic E-state index is -3.39. The van der Waals surface area contributed by atoms with Crippen LogP contribution in [0.4, 0.5) is 4.79 Å². The first-order chi connectivity index (χ1) is 9.06. The maximum absolute atomic E-state index is 12.0. The molecule has 0 bridgehead atoms. The molecule has 7 nitrogen and oxygen atoms in total. The van der Waals surface area contributed by atoms with Gasteiger partial charge in [-0.1, -0.05) is 0 Å². The van der Waals surface area contributed by atoms with Crippen LogP contribution in [-0.4, -0.2) is 47.0 Å². The summed E-state index contributed by atoms with van der Waals surface area (Å²) in [5.74, 6) is 0. The Morgan fingerprint density at radius 2 is 2.05 bits per heavy atom. The summed E-state index contributed by atoms with van der Waals surface area (Å²) < 4.78 is 29.2. The Hall–Kier alpha value is -1.57. The Labute approximate surface area is 118 Å². The molecule has 0 atom stereocenters. The van der Waals surface area contributed by atoms with Crippen molar-refractivity contribution in [2.24, 2.45) is 0 Å². The van der Waals surface area contributed by atoms with Crippen LogP contribution in [0, 0.1) is 0 Å². The molecule has 1 amide bonds. The maximum atomic E-state index is 12.0. The average molecular weight is 301 g/mol. The van der Waals surface area contributed by atoms with E-state index < -0.39 is 21.7 Å². The SMILES string of the molecule is CC(C)(C)OC(=O)N1CCc2nn(S(C)(=O)=O)cc2C1. The zero-order chi connectivity index (χ0) is 15.1. The van der Waals surface area contributed by atoms with Crippen LogP contribution in [0.15, 0.2) is 6.20 Å². The van der Waals surface area contributed by atoms with Crippen molar-refractivity contribution in [3.8, 4) is 0 Å². The van der Waals surface area contributed by atoms with Gasteiger partial charge in [0.1, 0.15) is 5.60 Å². The van der Waals surface area contributed by atoms with E-state index in [9.17, 15) is 13.2 Å². The number of hydrogen-bond acceptors (Lipinski definition) is 5. The van der Waals surface area contributed by atoms with Crippen molar-refractivity contribution in [3.63, 3.8) is 0 Å². The van der Waals surface area contributed by atoms with Crippen molar-refractivity contribution < 1.29 is 17.9 Å². The third-order valence-corrected chi connectivity index (χ3v) is 3.69. The standard InChI is InChI=1S/C12H19N3O4S/c1-12(2,3)19-11(16)14-6-5-10-9(7-14)8-15(13-10)20(4,17)18/h8H,5-7H2,1-4H3. The number of carbonyl (C=O) groups excluding carboxylic acids is 1. The van der Waals surface area contributed by atoms with E-state index >= 15 is 0 Å². The molecule has 0 unspecified atom stereocenters. The second-order valence-electron chi connectivity index (χ2n) is 5.89. The van der Waals surface area contributed by atoms with E-state index in [2.05, 4.69) is 5.10 Å². The molecule has 2 heterocycles. The Kier molecular flexibility index (Phi) is 3.53. The van der Waals surface area contributed by atoms with Crippen molar-refractivity contribution >= 4 is 16.1 Å². The summed E-state index contributed by atoms with van der Waals surface area (Å²) >= 11 is 0. The molecule has 0 N–H and O–H groups in total. The van der Waals surface area contributed by atoms with E-state index in [0.717, 1.165) is 21.6 Å². The monoisotopic (exact) mass is 301 g/mol. The van der Waals surface area contributed by atoms with Crippen LogP contribution in [0.25, 0.3) is 0 Å². The molecule has 112 valence electrons. The first kappa shape index (κ1) is 14.8. The quantitative estimate of drug-likeness (QED) is 0.772. The van der Waals surface area contributed by atoms with Gasteiger partial charge < -0.3 is 9.64 Å². The molecule has 0 radical (unpaired) electrons. The number of amides is 1. The zero-order valence-electron chi connectivity index (χ0n) is 12.1. The molecule has 8 heteroatoms. The summed E-state index contributed by atoms with van der Waals surface area (Å²) in [7, 11) is -3.39. The van der Waals surface area contributed by atoms with Crippen LogP contribution in [0.2, 0.25) is 0 Å². The molecule has 0 saturated heterocycles. The zero-order valence-corrected chi connectivity index (χ0v) is 12.9. The summed E-state index contributed by atoms with van der Waals surface area (Å²) in [6, 6.07) is 0. The Bertz CT molecular complexity index is 628. The molecule has 2 rings (SSSR count). The minimum Gasteiger partial charge on any atom is -0.444 e. The van der Waals surface area contributed by atoms with Gasteiger partial charge in [0.15, 0.2) is 0 Å². The summed E-state index contributed by atoms with van der Waals surface area (Å²) in [6.45, 7) is 6.22. The van der Waals surface area contributed by atoms with Crippen LogP contribution < -0.4 is 0 Å². The maximum Gasteiger partial charge on any atom is 0.410 e. The van der Waals surface area contributed by atoms with E-state index in [-0.39, 0.29) is 0 Å². The van der Waals surface area contributed by atoms with E-state index in [0.29, 0.717) is 19.5 Å². The number of carbonyl (C=O) groups is 1. The van der Waals surface area contributed by atoms with Gasteiger partial charge in [0, 0.05) is 24.7 Å². The highest BCUT2D eigenvalue weighted by molar-refractivity contribution is 7.89. The fraction of sp³-hybridized carbons (Fsp3) is 0.667. The van der Waals surface area contributed by atoms with Gasteiger partial charge in [0.25, 0.3) is 10.0 Å². The van der Waals surface area contributed by atoms with Gasteiger partial charge in [-0.05, 0) is 20.8 Å². The molecular formula is C12H19N3O4S. The predicted molar refractivity (Wildman–Crippen MR) is 72.8 cm³/mol.